The van der Waals surface area contributed by atoms with Crippen molar-refractivity contribution in [3.05, 3.63) is 71.4 Å². The van der Waals surface area contributed by atoms with Gasteiger partial charge in [0.05, 0.1) is 5.56 Å². The molecule has 0 aliphatic carbocycles. The maximum atomic E-state index is 12.6. The van der Waals surface area contributed by atoms with Gasteiger partial charge in [-0.05, 0) is 24.6 Å². The van der Waals surface area contributed by atoms with E-state index in [1.54, 1.807) is 6.92 Å². The highest BCUT2D eigenvalue weighted by molar-refractivity contribution is 5.42. The number of aromatic nitrogens is 4. The molecular formula is C16H14F3N5. The molecule has 2 heterocycles. The molecule has 124 valence electrons. The summed E-state index contributed by atoms with van der Waals surface area (Å²) in [6.07, 6.45) is -3.61. The zero-order valence-corrected chi connectivity index (χ0v) is 12.7. The molecule has 0 saturated heterocycles. The van der Waals surface area contributed by atoms with E-state index in [0.717, 1.165) is 17.8 Å². The van der Waals surface area contributed by atoms with E-state index < -0.39 is 17.8 Å². The standard InChI is InChI=1S/C16H14F3N5/c1-10-21-15(24-23-10)14(11-5-3-2-4-6-11)22-13-8-7-12(9-20-13)16(17,18)19/h2-9,14H,1H3,(H,20,22)(H,21,23,24)/t14-/m1/s1. The Morgan fingerprint density at radius 1 is 1.08 bits per heavy atom. The van der Waals surface area contributed by atoms with E-state index in [4.69, 9.17) is 0 Å². The van der Waals surface area contributed by atoms with E-state index in [0.29, 0.717) is 17.5 Å². The van der Waals surface area contributed by atoms with E-state index in [9.17, 15) is 13.2 Å². The van der Waals surface area contributed by atoms with Crippen LogP contribution in [0.15, 0.2) is 48.7 Å². The number of aromatic amines is 1. The van der Waals surface area contributed by atoms with Gasteiger partial charge in [0, 0.05) is 6.20 Å². The number of aryl methyl sites for hydroxylation is 1. The minimum atomic E-state index is -4.41. The lowest BCUT2D eigenvalue weighted by Crippen LogP contribution is -2.15. The summed E-state index contributed by atoms with van der Waals surface area (Å²) in [5, 5.41) is 9.98. The summed E-state index contributed by atoms with van der Waals surface area (Å²) in [7, 11) is 0. The van der Waals surface area contributed by atoms with Crippen LogP contribution in [0.5, 0.6) is 0 Å². The second-order valence-electron chi connectivity index (χ2n) is 5.20. The lowest BCUT2D eigenvalue weighted by molar-refractivity contribution is -0.137. The highest BCUT2D eigenvalue weighted by atomic mass is 19.4. The first-order valence-electron chi connectivity index (χ1n) is 7.17. The van der Waals surface area contributed by atoms with Crippen molar-refractivity contribution in [2.45, 2.75) is 19.1 Å². The number of rotatable bonds is 4. The number of nitrogens with zero attached hydrogens (tertiary/aromatic N) is 3. The second-order valence-corrected chi connectivity index (χ2v) is 5.20. The molecule has 1 aromatic carbocycles. The molecule has 0 saturated carbocycles. The summed E-state index contributed by atoms with van der Waals surface area (Å²) in [5.41, 5.74) is 0.0799. The minimum Gasteiger partial charge on any atom is -0.356 e. The number of hydrogen-bond donors (Lipinski definition) is 2. The number of hydrogen-bond acceptors (Lipinski definition) is 4. The number of nitrogens with one attached hydrogen (secondary N) is 2. The van der Waals surface area contributed by atoms with Gasteiger partial charge in [-0.2, -0.15) is 18.3 Å². The lowest BCUT2D eigenvalue weighted by atomic mass is 10.1. The van der Waals surface area contributed by atoms with Crippen LogP contribution in [0.25, 0.3) is 0 Å². The van der Waals surface area contributed by atoms with Crippen molar-refractivity contribution in [2.75, 3.05) is 5.32 Å². The zero-order chi connectivity index (χ0) is 17.2. The van der Waals surface area contributed by atoms with Crippen LogP contribution in [0.4, 0.5) is 19.0 Å². The molecule has 2 aromatic heterocycles. The Balaban J connectivity index is 1.90. The number of pyridine rings is 1. The van der Waals surface area contributed by atoms with E-state index in [1.807, 2.05) is 30.3 Å². The highest BCUT2D eigenvalue weighted by Gasteiger charge is 2.30. The van der Waals surface area contributed by atoms with Crippen molar-refractivity contribution in [1.82, 2.24) is 20.2 Å². The first kappa shape index (κ1) is 16.0. The third kappa shape index (κ3) is 3.53. The Kier molecular flexibility index (Phi) is 4.20. The molecule has 3 aromatic rings. The van der Waals surface area contributed by atoms with Crippen molar-refractivity contribution in [3.8, 4) is 0 Å². The average molecular weight is 333 g/mol. The summed E-state index contributed by atoms with van der Waals surface area (Å²) in [6, 6.07) is 11.2. The zero-order valence-electron chi connectivity index (χ0n) is 12.7. The van der Waals surface area contributed by atoms with Crippen LogP contribution in [0.2, 0.25) is 0 Å². The summed E-state index contributed by atoms with van der Waals surface area (Å²) >= 11 is 0. The average Bonchev–Trinajstić information content (AvgIpc) is 2.99. The topological polar surface area (TPSA) is 66.5 Å². The Bertz CT molecular complexity index is 797. The van der Waals surface area contributed by atoms with Gasteiger partial charge in [-0.15, -0.1) is 0 Å². The van der Waals surface area contributed by atoms with Crippen molar-refractivity contribution < 1.29 is 13.2 Å². The van der Waals surface area contributed by atoms with Gasteiger partial charge in [-0.25, -0.2) is 9.97 Å². The Morgan fingerprint density at radius 3 is 2.38 bits per heavy atom. The maximum absolute atomic E-state index is 12.6. The smallest absolute Gasteiger partial charge is 0.356 e. The maximum Gasteiger partial charge on any atom is 0.417 e. The Labute approximate surface area is 136 Å². The molecule has 0 amide bonds. The number of halogens is 3. The van der Waals surface area contributed by atoms with E-state index in [1.165, 1.54) is 6.07 Å². The van der Waals surface area contributed by atoms with Crippen molar-refractivity contribution in [2.24, 2.45) is 0 Å². The molecule has 0 fully saturated rings. The number of H-pyrrole nitrogens is 1. The van der Waals surface area contributed by atoms with Crippen molar-refractivity contribution in [3.63, 3.8) is 0 Å². The SMILES string of the molecule is Cc1nc([C@H](Nc2ccc(C(F)(F)F)cn2)c2ccccc2)n[nH]1. The lowest BCUT2D eigenvalue weighted by Gasteiger charge is -2.17. The molecule has 3 rings (SSSR count). The normalized spacial score (nSPS) is 12.8. The van der Waals surface area contributed by atoms with Crippen LogP contribution in [-0.4, -0.2) is 20.2 Å². The number of alkyl halides is 3. The molecule has 5 nitrogen and oxygen atoms in total. The van der Waals surface area contributed by atoms with Gasteiger partial charge in [0.1, 0.15) is 17.7 Å². The van der Waals surface area contributed by atoms with Gasteiger partial charge in [-0.3, -0.25) is 5.10 Å². The van der Waals surface area contributed by atoms with Crippen LogP contribution in [0.3, 0.4) is 0 Å². The van der Waals surface area contributed by atoms with Crippen LogP contribution < -0.4 is 5.32 Å². The van der Waals surface area contributed by atoms with E-state index in [2.05, 4.69) is 25.5 Å². The first-order chi connectivity index (χ1) is 11.4. The highest BCUT2D eigenvalue weighted by Crippen LogP contribution is 2.30. The van der Waals surface area contributed by atoms with Gasteiger partial charge in [0.25, 0.3) is 0 Å². The fourth-order valence-corrected chi connectivity index (χ4v) is 2.23. The third-order valence-corrected chi connectivity index (χ3v) is 3.39. The predicted molar refractivity (Wildman–Crippen MR) is 82.3 cm³/mol. The molecule has 0 spiro atoms. The van der Waals surface area contributed by atoms with Crippen LogP contribution >= 0.6 is 0 Å². The van der Waals surface area contributed by atoms with Crippen molar-refractivity contribution >= 4 is 5.82 Å². The van der Waals surface area contributed by atoms with Gasteiger partial charge < -0.3 is 5.32 Å². The van der Waals surface area contributed by atoms with Gasteiger partial charge in [-0.1, -0.05) is 30.3 Å². The first-order valence-corrected chi connectivity index (χ1v) is 7.17. The van der Waals surface area contributed by atoms with Crippen LogP contribution in [0, 0.1) is 6.92 Å². The van der Waals surface area contributed by atoms with Crippen LogP contribution in [-0.2, 0) is 6.18 Å². The largest absolute Gasteiger partial charge is 0.417 e. The third-order valence-electron chi connectivity index (χ3n) is 3.39. The number of anilines is 1. The molecule has 0 aliphatic rings. The molecule has 0 aliphatic heterocycles. The molecule has 8 heteroatoms. The predicted octanol–water partition coefficient (Wildman–Crippen LogP) is 3.73. The minimum absolute atomic E-state index is 0.305. The molecule has 1 atom stereocenters. The Morgan fingerprint density at radius 2 is 1.83 bits per heavy atom. The fourth-order valence-electron chi connectivity index (χ4n) is 2.23. The molecule has 2 N–H and O–H groups in total. The number of benzene rings is 1. The Hall–Kier alpha value is -2.90. The molecule has 0 bridgehead atoms. The van der Waals surface area contributed by atoms with Gasteiger partial charge in [0.2, 0.25) is 0 Å². The monoisotopic (exact) mass is 333 g/mol. The molecule has 0 unspecified atom stereocenters. The molecule has 24 heavy (non-hydrogen) atoms. The fraction of sp³-hybridized carbons (Fsp3) is 0.188. The molecule has 0 radical (unpaired) electrons. The van der Waals surface area contributed by atoms with E-state index >= 15 is 0 Å². The summed E-state index contributed by atoms with van der Waals surface area (Å²) in [5.74, 6) is 1.44. The quantitative estimate of drug-likeness (QED) is 0.763. The summed E-state index contributed by atoms with van der Waals surface area (Å²) in [6.45, 7) is 1.77. The summed E-state index contributed by atoms with van der Waals surface area (Å²) < 4.78 is 37.9. The van der Waals surface area contributed by atoms with Crippen LogP contribution in [0.1, 0.15) is 28.8 Å². The molecular weight excluding hydrogens is 319 g/mol. The summed E-state index contributed by atoms with van der Waals surface area (Å²) in [4.78, 5) is 8.15. The van der Waals surface area contributed by atoms with E-state index in [-0.39, 0.29) is 0 Å². The van der Waals surface area contributed by atoms with Gasteiger partial charge in [0.15, 0.2) is 5.82 Å². The van der Waals surface area contributed by atoms with Gasteiger partial charge >= 0.3 is 6.18 Å². The second kappa shape index (κ2) is 6.31. The van der Waals surface area contributed by atoms with Crippen molar-refractivity contribution in [1.29, 1.82) is 0 Å².